The number of nitrogens with zero attached hydrogens (tertiary/aromatic N) is 3. The van der Waals surface area contributed by atoms with Crippen molar-refractivity contribution >= 4 is 21.6 Å². The number of alkyl halides is 1. The SMILES string of the molecule is Cc1cc(N(CC#N)CC#N)ccc1CBr. The van der Waals surface area contributed by atoms with E-state index < -0.39 is 0 Å². The van der Waals surface area contributed by atoms with Crippen molar-refractivity contribution in [2.24, 2.45) is 0 Å². The zero-order chi connectivity index (χ0) is 12.0. The first-order valence-corrected chi connectivity index (χ1v) is 5.99. The van der Waals surface area contributed by atoms with Gasteiger partial charge in [-0.1, -0.05) is 22.0 Å². The summed E-state index contributed by atoms with van der Waals surface area (Å²) < 4.78 is 0. The van der Waals surface area contributed by atoms with E-state index in [1.165, 1.54) is 5.56 Å². The number of hydrogen-bond acceptors (Lipinski definition) is 3. The van der Waals surface area contributed by atoms with Gasteiger partial charge in [0.2, 0.25) is 0 Å². The highest BCUT2D eigenvalue weighted by Gasteiger charge is 2.06. The van der Waals surface area contributed by atoms with Crippen LogP contribution in [0.1, 0.15) is 11.1 Å². The van der Waals surface area contributed by atoms with Gasteiger partial charge in [0.25, 0.3) is 0 Å². The van der Waals surface area contributed by atoms with Gasteiger partial charge in [-0.3, -0.25) is 0 Å². The molecule has 0 radical (unpaired) electrons. The second-order valence-corrected chi connectivity index (χ2v) is 3.98. The molecular weight excluding hydrogens is 266 g/mol. The molecule has 1 aromatic carbocycles. The predicted molar refractivity (Wildman–Crippen MR) is 67.2 cm³/mol. The maximum absolute atomic E-state index is 8.69. The molecule has 16 heavy (non-hydrogen) atoms. The van der Waals surface area contributed by atoms with Crippen LogP contribution in [-0.2, 0) is 5.33 Å². The van der Waals surface area contributed by atoms with Crippen LogP contribution in [0.5, 0.6) is 0 Å². The molecule has 0 aromatic heterocycles. The number of hydrogen-bond donors (Lipinski definition) is 0. The fourth-order valence-electron chi connectivity index (χ4n) is 1.44. The van der Waals surface area contributed by atoms with Crippen molar-refractivity contribution < 1.29 is 0 Å². The molecule has 4 heteroatoms. The minimum atomic E-state index is 0.237. The Morgan fingerprint density at radius 3 is 2.31 bits per heavy atom. The zero-order valence-corrected chi connectivity index (χ0v) is 10.7. The topological polar surface area (TPSA) is 50.8 Å². The second-order valence-electron chi connectivity index (χ2n) is 3.42. The minimum Gasteiger partial charge on any atom is -0.345 e. The third-order valence-corrected chi connectivity index (χ3v) is 2.96. The normalized spacial score (nSPS) is 9.25. The van der Waals surface area contributed by atoms with E-state index in [9.17, 15) is 0 Å². The largest absolute Gasteiger partial charge is 0.345 e. The molecule has 0 aliphatic carbocycles. The summed E-state index contributed by atoms with van der Waals surface area (Å²) in [6, 6.07) is 10.1. The van der Waals surface area contributed by atoms with Crippen molar-refractivity contribution in [3.63, 3.8) is 0 Å². The van der Waals surface area contributed by atoms with Crippen LogP contribution in [0, 0.1) is 29.6 Å². The van der Waals surface area contributed by atoms with Gasteiger partial charge in [0.05, 0.1) is 12.1 Å². The number of nitriles is 2. The summed E-state index contributed by atoms with van der Waals surface area (Å²) in [7, 11) is 0. The molecule has 0 amide bonds. The van der Waals surface area contributed by atoms with Gasteiger partial charge in [0, 0.05) is 11.0 Å². The first-order chi connectivity index (χ1) is 7.72. The van der Waals surface area contributed by atoms with E-state index in [0.29, 0.717) is 0 Å². The van der Waals surface area contributed by atoms with Crippen molar-refractivity contribution in [3.05, 3.63) is 29.3 Å². The Morgan fingerprint density at radius 2 is 1.88 bits per heavy atom. The van der Waals surface area contributed by atoms with E-state index >= 15 is 0 Å². The standard InChI is InChI=1S/C12H12BrN3/c1-10-8-12(3-2-11(10)9-13)16(6-4-14)7-5-15/h2-3,8H,6-7,9H2,1H3. The Hall–Kier alpha value is -1.52. The number of halogens is 1. The summed E-state index contributed by atoms with van der Waals surface area (Å²) in [5.41, 5.74) is 3.30. The smallest absolute Gasteiger partial charge is 0.106 e. The van der Waals surface area contributed by atoms with Gasteiger partial charge in [-0.15, -0.1) is 0 Å². The molecule has 1 aromatic rings. The number of benzene rings is 1. The Bertz CT molecular complexity index is 427. The van der Waals surface area contributed by atoms with Crippen molar-refractivity contribution in [1.29, 1.82) is 10.5 Å². The molecule has 0 aliphatic heterocycles. The predicted octanol–water partition coefficient (Wildman–Crippen LogP) is 2.74. The van der Waals surface area contributed by atoms with Crippen LogP contribution in [0.25, 0.3) is 0 Å². The second kappa shape index (κ2) is 6.15. The lowest BCUT2D eigenvalue weighted by molar-refractivity contribution is 0.964. The van der Waals surface area contributed by atoms with Crippen LogP contribution in [0.15, 0.2) is 18.2 Å². The Labute approximate surface area is 104 Å². The molecule has 0 bridgehead atoms. The maximum atomic E-state index is 8.69. The fraction of sp³-hybridized carbons (Fsp3) is 0.333. The van der Waals surface area contributed by atoms with Gasteiger partial charge in [0.15, 0.2) is 0 Å². The van der Waals surface area contributed by atoms with Crippen LogP contribution >= 0.6 is 15.9 Å². The Morgan fingerprint density at radius 1 is 1.25 bits per heavy atom. The highest BCUT2D eigenvalue weighted by molar-refractivity contribution is 9.08. The Kier molecular flexibility index (Phi) is 4.82. The summed E-state index contributed by atoms with van der Waals surface area (Å²) in [6.45, 7) is 2.50. The van der Waals surface area contributed by atoms with Gasteiger partial charge in [-0.25, -0.2) is 0 Å². The quantitative estimate of drug-likeness (QED) is 0.628. The molecule has 0 atom stereocenters. The molecule has 0 saturated heterocycles. The van der Waals surface area contributed by atoms with E-state index in [1.54, 1.807) is 4.90 Å². The molecule has 0 aliphatic rings. The summed E-state index contributed by atoms with van der Waals surface area (Å²) >= 11 is 3.41. The van der Waals surface area contributed by atoms with Crippen molar-refractivity contribution in [2.45, 2.75) is 12.3 Å². The third kappa shape index (κ3) is 2.98. The van der Waals surface area contributed by atoms with Crippen LogP contribution in [0.3, 0.4) is 0 Å². The van der Waals surface area contributed by atoms with E-state index in [-0.39, 0.29) is 13.1 Å². The van der Waals surface area contributed by atoms with Crippen LogP contribution in [-0.4, -0.2) is 13.1 Å². The molecule has 0 saturated carbocycles. The average Bonchev–Trinajstić information content (AvgIpc) is 2.28. The molecule has 0 N–H and O–H groups in total. The van der Waals surface area contributed by atoms with Crippen LogP contribution in [0.2, 0.25) is 0 Å². The van der Waals surface area contributed by atoms with Crippen LogP contribution < -0.4 is 4.90 Å². The number of aryl methyl sites for hydroxylation is 1. The average molecular weight is 278 g/mol. The van der Waals surface area contributed by atoms with Gasteiger partial charge < -0.3 is 4.90 Å². The van der Waals surface area contributed by atoms with E-state index in [2.05, 4.69) is 28.1 Å². The molecule has 82 valence electrons. The molecule has 0 unspecified atom stereocenters. The van der Waals surface area contributed by atoms with E-state index in [4.69, 9.17) is 10.5 Å². The van der Waals surface area contributed by atoms with Crippen molar-refractivity contribution in [1.82, 2.24) is 0 Å². The number of anilines is 1. The summed E-state index contributed by atoms with van der Waals surface area (Å²) in [5, 5.41) is 18.2. The van der Waals surface area contributed by atoms with Crippen molar-refractivity contribution in [2.75, 3.05) is 18.0 Å². The lowest BCUT2D eigenvalue weighted by Crippen LogP contribution is -2.23. The monoisotopic (exact) mass is 277 g/mol. The highest BCUT2D eigenvalue weighted by atomic mass is 79.9. The van der Waals surface area contributed by atoms with Gasteiger partial charge >= 0.3 is 0 Å². The first-order valence-electron chi connectivity index (χ1n) is 4.87. The van der Waals surface area contributed by atoms with Crippen molar-refractivity contribution in [3.8, 4) is 12.1 Å². The van der Waals surface area contributed by atoms with E-state index in [1.807, 2.05) is 25.1 Å². The molecule has 0 heterocycles. The molecule has 1 rings (SSSR count). The van der Waals surface area contributed by atoms with Gasteiger partial charge in [-0.05, 0) is 30.2 Å². The molecule has 0 spiro atoms. The van der Waals surface area contributed by atoms with Crippen LogP contribution in [0.4, 0.5) is 5.69 Å². The van der Waals surface area contributed by atoms with E-state index in [0.717, 1.165) is 16.6 Å². The lowest BCUT2D eigenvalue weighted by Gasteiger charge is -2.19. The van der Waals surface area contributed by atoms with Gasteiger partial charge in [-0.2, -0.15) is 10.5 Å². The zero-order valence-electron chi connectivity index (χ0n) is 9.07. The molecular formula is C12H12BrN3. The Balaban J connectivity index is 2.98. The highest BCUT2D eigenvalue weighted by Crippen LogP contribution is 2.20. The summed E-state index contributed by atoms with van der Waals surface area (Å²) in [6.07, 6.45) is 0. The number of rotatable bonds is 4. The summed E-state index contributed by atoms with van der Waals surface area (Å²) in [4.78, 5) is 1.75. The molecule has 3 nitrogen and oxygen atoms in total. The maximum Gasteiger partial charge on any atom is 0.106 e. The summed E-state index contributed by atoms with van der Waals surface area (Å²) in [5.74, 6) is 0. The third-order valence-electron chi connectivity index (χ3n) is 2.36. The molecule has 0 fully saturated rings. The fourth-order valence-corrected chi connectivity index (χ4v) is 2.07. The minimum absolute atomic E-state index is 0.237. The first kappa shape index (κ1) is 12.5. The lowest BCUT2D eigenvalue weighted by atomic mass is 10.1. The van der Waals surface area contributed by atoms with Gasteiger partial charge in [0.1, 0.15) is 13.1 Å².